The molecule has 6 heteroatoms. The maximum Gasteiger partial charge on any atom is 0.273 e. The zero-order chi connectivity index (χ0) is 18.0. The Labute approximate surface area is 148 Å². The van der Waals surface area contributed by atoms with E-state index in [-0.39, 0.29) is 11.9 Å². The van der Waals surface area contributed by atoms with Gasteiger partial charge < -0.3 is 9.80 Å². The van der Waals surface area contributed by atoms with Crippen LogP contribution in [0.25, 0.3) is 0 Å². The van der Waals surface area contributed by atoms with Crippen molar-refractivity contribution in [2.24, 2.45) is 0 Å². The van der Waals surface area contributed by atoms with E-state index in [0.717, 1.165) is 48.6 Å². The Morgan fingerprint density at radius 3 is 2.84 bits per heavy atom. The molecule has 0 aliphatic carbocycles. The molecule has 0 saturated carbocycles. The number of aromatic nitrogens is 3. The van der Waals surface area contributed by atoms with Crippen LogP contribution in [0.15, 0.2) is 24.5 Å². The third-order valence-corrected chi connectivity index (χ3v) is 4.55. The summed E-state index contributed by atoms with van der Waals surface area (Å²) in [5, 5.41) is 0. The lowest BCUT2D eigenvalue weighted by Crippen LogP contribution is -2.33. The van der Waals surface area contributed by atoms with Crippen LogP contribution in [0.2, 0.25) is 0 Å². The molecule has 1 saturated heterocycles. The topological polar surface area (TPSA) is 62.2 Å². The predicted octanol–water partition coefficient (Wildman–Crippen LogP) is 2.53. The van der Waals surface area contributed by atoms with E-state index in [1.165, 1.54) is 0 Å². The molecule has 2 aromatic rings. The van der Waals surface area contributed by atoms with Crippen molar-refractivity contribution >= 4 is 5.91 Å². The fourth-order valence-corrected chi connectivity index (χ4v) is 3.40. The van der Waals surface area contributed by atoms with E-state index < -0.39 is 0 Å². The molecule has 0 N–H and O–H groups in total. The number of rotatable bonds is 4. The number of amides is 1. The maximum atomic E-state index is 13.1. The highest BCUT2D eigenvalue weighted by Gasteiger charge is 2.34. The van der Waals surface area contributed by atoms with Crippen LogP contribution >= 0.6 is 0 Å². The SMILES string of the molecule is Cc1ncc(CN(C)C)c([C@H]2CCCN2C(=O)c2ncccc2C)n1. The summed E-state index contributed by atoms with van der Waals surface area (Å²) in [6.45, 7) is 5.32. The minimum atomic E-state index is -0.00874. The van der Waals surface area contributed by atoms with Crippen molar-refractivity contribution in [1.29, 1.82) is 0 Å². The summed E-state index contributed by atoms with van der Waals surface area (Å²) < 4.78 is 0. The molecule has 0 spiro atoms. The second-order valence-corrected chi connectivity index (χ2v) is 6.89. The van der Waals surface area contributed by atoms with Gasteiger partial charge in [0.1, 0.15) is 11.5 Å². The van der Waals surface area contributed by atoms with E-state index in [1.54, 1.807) is 6.20 Å². The highest BCUT2D eigenvalue weighted by atomic mass is 16.2. The first kappa shape index (κ1) is 17.5. The first-order valence-corrected chi connectivity index (χ1v) is 8.67. The van der Waals surface area contributed by atoms with Gasteiger partial charge in [-0.3, -0.25) is 9.78 Å². The van der Waals surface area contributed by atoms with Crippen molar-refractivity contribution in [2.75, 3.05) is 20.6 Å². The molecule has 1 aliphatic heterocycles. The molecule has 0 bridgehead atoms. The average Bonchev–Trinajstić information content (AvgIpc) is 3.05. The summed E-state index contributed by atoms with van der Waals surface area (Å²) in [4.78, 5) is 30.5. The van der Waals surface area contributed by atoms with Gasteiger partial charge in [0.05, 0.1) is 11.7 Å². The molecule has 0 unspecified atom stereocenters. The Kier molecular flexibility index (Phi) is 5.08. The van der Waals surface area contributed by atoms with Crippen LogP contribution in [-0.2, 0) is 6.54 Å². The summed E-state index contributed by atoms with van der Waals surface area (Å²) >= 11 is 0. The average molecular weight is 339 g/mol. The molecule has 132 valence electrons. The number of pyridine rings is 1. The third kappa shape index (κ3) is 3.69. The largest absolute Gasteiger partial charge is 0.329 e. The number of aryl methyl sites for hydroxylation is 2. The van der Waals surface area contributed by atoms with Gasteiger partial charge in [0.15, 0.2) is 0 Å². The zero-order valence-electron chi connectivity index (χ0n) is 15.4. The van der Waals surface area contributed by atoms with Crippen molar-refractivity contribution in [3.63, 3.8) is 0 Å². The van der Waals surface area contributed by atoms with Gasteiger partial charge in [-0.15, -0.1) is 0 Å². The molecule has 3 rings (SSSR count). The Bertz CT molecular complexity index is 774. The lowest BCUT2D eigenvalue weighted by molar-refractivity contribution is 0.0725. The molecule has 2 aromatic heterocycles. The lowest BCUT2D eigenvalue weighted by atomic mass is 10.0. The minimum Gasteiger partial charge on any atom is -0.329 e. The van der Waals surface area contributed by atoms with E-state index in [9.17, 15) is 4.79 Å². The van der Waals surface area contributed by atoms with Crippen molar-refractivity contribution in [3.8, 4) is 0 Å². The predicted molar refractivity (Wildman–Crippen MR) is 96.1 cm³/mol. The molecule has 3 heterocycles. The van der Waals surface area contributed by atoms with Crippen molar-refractivity contribution in [1.82, 2.24) is 24.8 Å². The van der Waals surface area contributed by atoms with Crippen LogP contribution < -0.4 is 0 Å². The molecule has 25 heavy (non-hydrogen) atoms. The number of nitrogens with zero attached hydrogens (tertiary/aromatic N) is 5. The van der Waals surface area contributed by atoms with Crippen LogP contribution in [0.1, 0.15) is 52.0 Å². The van der Waals surface area contributed by atoms with E-state index >= 15 is 0 Å². The van der Waals surface area contributed by atoms with Crippen LogP contribution in [0.5, 0.6) is 0 Å². The Hall–Kier alpha value is -2.34. The van der Waals surface area contributed by atoms with Crippen LogP contribution in [0.4, 0.5) is 0 Å². The monoisotopic (exact) mass is 339 g/mol. The quantitative estimate of drug-likeness (QED) is 0.856. The van der Waals surface area contributed by atoms with Crippen molar-refractivity contribution < 1.29 is 4.79 Å². The van der Waals surface area contributed by atoms with E-state index in [1.807, 2.05) is 51.2 Å². The second kappa shape index (κ2) is 7.27. The molecular formula is C19H25N5O. The van der Waals surface area contributed by atoms with E-state index in [0.29, 0.717) is 5.69 Å². The molecule has 1 fully saturated rings. The number of hydrogen-bond donors (Lipinski definition) is 0. The first-order chi connectivity index (χ1) is 12.0. The van der Waals surface area contributed by atoms with Gasteiger partial charge in [-0.2, -0.15) is 0 Å². The number of likely N-dealkylation sites (tertiary alicyclic amines) is 1. The fourth-order valence-electron chi connectivity index (χ4n) is 3.40. The van der Waals surface area contributed by atoms with Crippen molar-refractivity contribution in [2.45, 2.75) is 39.3 Å². The summed E-state index contributed by atoms with van der Waals surface area (Å²) in [5.74, 6) is 0.735. The van der Waals surface area contributed by atoms with Gasteiger partial charge in [0, 0.05) is 31.0 Å². The summed E-state index contributed by atoms with van der Waals surface area (Å²) in [7, 11) is 4.05. The second-order valence-electron chi connectivity index (χ2n) is 6.89. The van der Waals surface area contributed by atoms with Crippen LogP contribution in [0.3, 0.4) is 0 Å². The van der Waals surface area contributed by atoms with Gasteiger partial charge in [-0.05, 0) is 52.4 Å². The highest BCUT2D eigenvalue weighted by molar-refractivity contribution is 5.94. The number of carbonyl (C=O) groups excluding carboxylic acids is 1. The number of hydrogen-bond acceptors (Lipinski definition) is 5. The smallest absolute Gasteiger partial charge is 0.273 e. The molecule has 1 atom stereocenters. The van der Waals surface area contributed by atoms with Gasteiger partial charge in [0.2, 0.25) is 0 Å². The molecule has 0 aromatic carbocycles. The minimum absolute atomic E-state index is 0.00679. The standard InChI is InChI=1S/C19H25N5O/c1-13-7-5-9-20-17(13)19(25)24-10-6-8-16(24)18-15(12-23(3)4)11-21-14(2)22-18/h5,7,9,11,16H,6,8,10,12H2,1-4H3/t16-/m1/s1. The Morgan fingerprint density at radius 1 is 1.32 bits per heavy atom. The normalized spacial score (nSPS) is 17.3. The Morgan fingerprint density at radius 2 is 2.12 bits per heavy atom. The summed E-state index contributed by atoms with van der Waals surface area (Å²) in [6.07, 6.45) is 5.48. The third-order valence-electron chi connectivity index (χ3n) is 4.55. The Balaban J connectivity index is 1.96. The first-order valence-electron chi connectivity index (χ1n) is 8.67. The summed E-state index contributed by atoms with van der Waals surface area (Å²) in [5.41, 5.74) is 3.50. The van der Waals surface area contributed by atoms with Gasteiger partial charge in [0.25, 0.3) is 5.91 Å². The molecular weight excluding hydrogens is 314 g/mol. The lowest BCUT2D eigenvalue weighted by Gasteiger charge is -2.27. The van der Waals surface area contributed by atoms with Gasteiger partial charge in [-0.1, -0.05) is 6.07 Å². The van der Waals surface area contributed by atoms with Gasteiger partial charge >= 0.3 is 0 Å². The van der Waals surface area contributed by atoms with Gasteiger partial charge in [-0.25, -0.2) is 9.97 Å². The molecule has 1 aliphatic rings. The summed E-state index contributed by atoms with van der Waals surface area (Å²) in [6, 6.07) is 3.78. The highest BCUT2D eigenvalue weighted by Crippen LogP contribution is 2.34. The zero-order valence-corrected chi connectivity index (χ0v) is 15.4. The van der Waals surface area contributed by atoms with Crippen LogP contribution in [0, 0.1) is 13.8 Å². The van der Waals surface area contributed by atoms with E-state index in [4.69, 9.17) is 4.98 Å². The van der Waals surface area contributed by atoms with E-state index in [2.05, 4.69) is 14.9 Å². The van der Waals surface area contributed by atoms with Crippen molar-refractivity contribution in [3.05, 3.63) is 52.9 Å². The molecule has 6 nitrogen and oxygen atoms in total. The molecule has 1 amide bonds. The number of carbonyl (C=O) groups is 1. The fraction of sp³-hybridized carbons (Fsp3) is 0.474. The van der Waals surface area contributed by atoms with Crippen LogP contribution in [-0.4, -0.2) is 51.3 Å². The maximum absolute atomic E-state index is 13.1. The molecule has 0 radical (unpaired) electrons.